The van der Waals surface area contributed by atoms with Gasteiger partial charge in [0.2, 0.25) is 0 Å². The maximum absolute atomic E-state index is 12.9. The average molecular weight is 193 g/mol. The third-order valence-electron chi connectivity index (χ3n) is 2.61. The molecule has 2 nitrogen and oxygen atoms in total. The molecule has 2 rings (SSSR count). The zero-order chi connectivity index (χ0) is 10.1. The molecule has 0 aliphatic carbocycles. The fraction of sp³-hybridized carbons (Fsp3) is 0.364. The molecular formula is C11H12FNO. The Bertz CT molecular complexity index is 376. The molecule has 1 aliphatic heterocycles. The number of hydrogen-bond acceptors (Lipinski definition) is 1. The Morgan fingerprint density at radius 1 is 1.57 bits per heavy atom. The van der Waals surface area contributed by atoms with Crippen molar-refractivity contribution in [1.29, 1.82) is 0 Å². The average Bonchev–Trinajstić information content (AvgIpc) is 2.19. The van der Waals surface area contributed by atoms with Gasteiger partial charge in [0.15, 0.2) is 0 Å². The molecule has 14 heavy (non-hydrogen) atoms. The minimum Gasteiger partial charge on any atom is -0.349 e. The zero-order valence-electron chi connectivity index (χ0n) is 8.01. The van der Waals surface area contributed by atoms with Crippen molar-refractivity contribution in [2.75, 3.05) is 0 Å². The SMILES string of the molecule is CCC1Cc2ccc(F)cc2C(=O)N1. The molecule has 0 radical (unpaired) electrons. The lowest BCUT2D eigenvalue weighted by Crippen LogP contribution is -2.40. The van der Waals surface area contributed by atoms with Crippen LogP contribution < -0.4 is 5.32 Å². The standard InChI is InChI=1S/C11H12FNO/c1-2-9-5-7-3-4-8(12)6-10(7)11(14)13-9/h3-4,6,9H,2,5H2,1H3,(H,13,14). The highest BCUT2D eigenvalue weighted by Gasteiger charge is 2.22. The van der Waals surface area contributed by atoms with E-state index >= 15 is 0 Å². The van der Waals surface area contributed by atoms with E-state index < -0.39 is 0 Å². The summed E-state index contributed by atoms with van der Waals surface area (Å²) in [5, 5.41) is 2.84. The van der Waals surface area contributed by atoms with Crippen molar-refractivity contribution in [2.45, 2.75) is 25.8 Å². The van der Waals surface area contributed by atoms with Crippen LogP contribution in [0.2, 0.25) is 0 Å². The van der Waals surface area contributed by atoms with Crippen LogP contribution in [0.25, 0.3) is 0 Å². The Morgan fingerprint density at radius 3 is 3.07 bits per heavy atom. The van der Waals surface area contributed by atoms with Gasteiger partial charge >= 0.3 is 0 Å². The monoisotopic (exact) mass is 193 g/mol. The molecule has 1 amide bonds. The number of benzene rings is 1. The van der Waals surface area contributed by atoms with Gasteiger partial charge in [-0.1, -0.05) is 13.0 Å². The number of nitrogens with one attached hydrogen (secondary N) is 1. The second-order valence-electron chi connectivity index (χ2n) is 3.58. The number of carbonyl (C=O) groups is 1. The lowest BCUT2D eigenvalue weighted by atomic mass is 9.94. The van der Waals surface area contributed by atoms with Crippen molar-refractivity contribution in [2.24, 2.45) is 0 Å². The van der Waals surface area contributed by atoms with E-state index in [1.165, 1.54) is 12.1 Å². The first-order chi connectivity index (χ1) is 6.70. The maximum Gasteiger partial charge on any atom is 0.251 e. The molecule has 0 spiro atoms. The Kier molecular flexibility index (Phi) is 2.23. The molecule has 0 saturated carbocycles. The fourth-order valence-corrected chi connectivity index (χ4v) is 1.76. The summed E-state index contributed by atoms with van der Waals surface area (Å²) in [5.41, 5.74) is 1.43. The minimum atomic E-state index is -0.353. The summed E-state index contributed by atoms with van der Waals surface area (Å²) in [6.45, 7) is 2.03. The number of carbonyl (C=O) groups excluding carboxylic acids is 1. The predicted octanol–water partition coefficient (Wildman–Crippen LogP) is 1.89. The Morgan fingerprint density at radius 2 is 2.36 bits per heavy atom. The lowest BCUT2D eigenvalue weighted by Gasteiger charge is -2.24. The highest BCUT2D eigenvalue weighted by Crippen LogP contribution is 2.18. The Labute approximate surface area is 82.1 Å². The van der Waals surface area contributed by atoms with E-state index in [2.05, 4.69) is 5.32 Å². The predicted molar refractivity (Wildman–Crippen MR) is 51.6 cm³/mol. The maximum atomic E-state index is 12.9. The first-order valence-electron chi connectivity index (χ1n) is 4.80. The van der Waals surface area contributed by atoms with Gasteiger partial charge < -0.3 is 5.32 Å². The summed E-state index contributed by atoms with van der Waals surface area (Å²) in [5.74, 6) is -0.508. The molecule has 74 valence electrons. The van der Waals surface area contributed by atoms with Crippen LogP contribution in [0, 0.1) is 5.82 Å². The minimum absolute atomic E-state index is 0.155. The van der Waals surface area contributed by atoms with E-state index in [-0.39, 0.29) is 17.8 Å². The normalized spacial score (nSPS) is 20.1. The summed E-state index contributed by atoms with van der Waals surface area (Å²) < 4.78 is 12.9. The number of halogens is 1. The molecule has 1 aromatic carbocycles. The molecule has 1 aliphatic rings. The molecule has 1 N–H and O–H groups in total. The summed E-state index contributed by atoms with van der Waals surface area (Å²) in [4.78, 5) is 11.5. The highest BCUT2D eigenvalue weighted by atomic mass is 19.1. The van der Waals surface area contributed by atoms with Gasteiger partial charge in [0, 0.05) is 11.6 Å². The number of rotatable bonds is 1. The van der Waals surface area contributed by atoms with Crippen molar-refractivity contribution in [3.05, 3.63) is 35.1 Å². The molecular weight excluding hydrogens is 181 g/mol. The van der Waals surface area contributed by atoms with E-state index in [0.717, 1.165) is 18.4 Å². The van der Waals surface area contributed by atoms with Gasteiger partial charge in [-0.05, 0) is 30.5 Å². The van der Waals surface area contributed by atoms with Crippen molar-refractivity contribution in [3.63, 3.8) is 0 Å². The largest absolute Gasteiger partial charge is 0.349 e. The van der Waals surface area contributed by atoms with E-state index in [4.69, 9.17) is 0 Å². The van der Waals surface area contributed by atoms with Gasteiger partial charge in [-0.3, -0.25) is 4.79 Å². The van der Waals surface area contributed by atoms with Crippen molar-refractivity contribution < 1.29 is 9.18 Å². The Balaban J connectivity index is 2.40. The van der Waals surface area contributed by atoms with Gasteiger partial charge in [0.1, 0.15) is 5.82 Å². The summed E-state index contributed by atoms with van der Waals surface area (Å²) in [6, 6.07) is 4.60. The van der Waals surface area contributed by atoms with Crippen LogP contribution in [-0.4, -0.2) is 11.9 Å². The van der Waals surface area contributed by atoms with Crippen LogP contribution in [0.5, 0.6) is 0 Å². The van der Waals surface area contributed by atoms with Gasteiger partial charge in [0.25, 0.3) is 5.91 Å². The van der Waals surface area contributed by atoms with Gasteiger partial charge in [-0.2, -0.15) is 0 Å². The van der Waals surface area contributed by atoms with Crippen LogP contribution in [0.15, 0.2) is 18.2 Å². The third kappa shape index (κ3) is 1.50. The summed E-state index contributed by atoms with van der Waals surface area (Å²) >= 11 is 0. The number of hydrogen-bond donors (Lipinski definition) is 1. The quantitative estimate of drug-likeness (QED) is 0.725. The van der Waals surface area contributed by atoms with Gasteiger partial charge in [0.05, 0.1) is 0 Å². The van der Waals surface area contributed by atoms with Crippen LogP contribution in [0.4, 0.5) is 4.39 Å². The molecule has 0 aromatic heterocycles. The van der Waals surface area contributed by atoms with E-state index in [9.17, 15) is 9.18 Å². The molecule has 0 bridgehead atoms. The molecule has 1 atom stereocenters. The molecule has 1 unspecified atom stereocenters. The van der Waals surface area contributed by atoms with Crippen LogP contribution in [-0.2, 0) is 6.42 Å². The molecule has 0 saturated heterocycles. The topological polar surface area (TPSA) is 29.1 Å². The van der Waals surface area contributed by atoms with E-state index in [0.29, 0.717) is 5.56 Å². The van der Waals surface area contributed by atoms with Crippen LogP contribution in [0.3, 0.4) is 0 Å². The smallest absolute Gasteiger partial charge is 0.251 e. The van der Waals surface area contributed by atoms with Crippen LogP contribution in [0.1, 0.15) is 29.3 Å². The summed E-state index contributed by atoms with van der Waals surface area (Å²) in [7, 11) is 0. The first-order valence-corrected chi connectivity index (χ1v) is 4.80. The first kappa shape index (κ1) is 9.19. The van der Waals surface area contributed by atoms with Crippen molar-refractivity contribution >= 4 is 5.91 Å². The van der Waals surface area contributed by atoms with Gasteiger partial charge in [-0.15, -0.1) is 0 Å². The molecule has 3 heteroatoms. The molecule has 0 fully saturated rings. The number of fused-ring (bicyclic) bond motifs is 1. The van der Waals surface area contributed by atoms with Crippen molar-refractivity contribution in [3.8, 4) is 0 Å². The third-order valence-corrected chi connectivity index (χ3v) is 2.61. The van der Waals surface area contributed by atoms with Crippen LogP contribution >= 0.6 is 0 Å². The Hall–Kier alpha value is -1.38. The van der Waals surface area contributed by atoms with Crippen molar-refractivity contribution in [1.82, 2.24) is 5.32 Å². The molecule has 1 aromatic rings. The summed E-state index contributed by atoms with van der Waals surface area (Å²) in [6.07, 6.45) is 1.71. The molecule has 1 heterocycles. The second kappa shape index (κ2) is 3.40. The number of amides is 1. The zero-order valence-corrected chi connectivity index (χ0v) is 8.01. The highest BCUT2D eigenvalue weighted by molar-refractivity contribution is 5.97. The van der Waals surface area contributed by atoms with E-state index in [1.54, 1.807) is 6.07 Å². The van der Waals surface area contributed by atoms with E-state index in [1.807, 2.05) is 6.92 Å². The van der Waals surface area contributed by atoms with Gasteiger partial charge in [-0.25, -0.2) is 4.39 Å². The second-order valence-corrected chi connectivity index (χ2v) is 3.58. The fourth-order valence-electron chi connectivity index (χ4n) is 1.76. The lowest BCUT2D eigenvalue weighted by molar-refractivity contribution is 0.0923.